The number of unbranched alkanes of at least 4 members (excludes halogenated alkanes) is 2. The summed E-state index contributed by atoms with van der Waals surface area (Å²) in [5, 5.41) is 0. The first-order valence-electron chi connectivity index (χ1n) is 10.3. The minimum atomic E-state index is -0.329. The van der Waals surface area contributed by atoms with E-state index in [1.54, 1.807) is 6.08 Å². The van der Waals surface area contributed by atoms with Crippen LogP contribution < -0.4 is 0 Å². The molecule has 4 nitrogen and oxygen atoms in total. The first-order chi connectivity index (χ1) is 12.8. The summed E-state index contributed by atoms with van der Waals surface area (Å²) in [7, 11) is 1.40. The highest BCUT2D eigenvalue weighted by Gasteiger charge is 2.32. The number of allylic oxidation sites excluding steroid dienone is 4. The number of Topliss-reactive ketones (excluding diaryl/α,β-unsaturated/α-hetero) is 1. The summed E-state index contributed by atoms with van der Waals surface area (Å²) in [6.07, 6.45) is 14.9. The zero-order valence-corrected chi connectivity index (χ0v) is 17.5. The Morgan fingerprint density at radius 1 is 1.22 bits per heavy atom. The van der Waals surface area contributed by atoms with Gasteiger partial charge in [0.15, 0.2) is 5.78 Å². The van der Waals surface area contributed by atoms with Gasteiger partial charge in [0.05, 0.1) is 7.11 Å². The molecule has 0 aromatic rings. The van der Waals surface area contributed by atoms with E-state index in [0.29, 0.717) is 25.0 Å². The van der Waals surface area contributed by atoms with E-state index in [-0.39, 0.29) is 29.0 Å². The molecule has 0 radical (unpaired) electrons. The predicted molar refractivity (Wildman–Crippen MR) is 108 cm³/mol. The minimum absolute atomic E-state index is 0.0235. The molecular weight excluding hydrogens is 340 g/mol. The lowest BCUT2D eigenvalue weighted by atomic mass is 9.82. The number of methoxy groups -OCH3 is 1. The van der Waals surface area contributed by atoms with Gasteiger partial charge < -0.3 is 4.74 Å². The molecule has 1 saturated carbocycles. The van der Waals surface area contributed by atoms with Crippen LogP contribution in [0.25, 0.3) is 0 Å². The molecule has 1 aliphatic rings. The first-order valence-corrected chi connectivity index (χ1v) is 10.3. The average molecular weight is 377 g/mol. The number of rotatable bonds is 12. The van der Waals surface area contributed by atoms with Crippen molar-refractivity contribution < 1.29 is 19.1 Å². The molecule has 0 aliphatic heterocycles. The van der Waals surface area contributed by atoms with Gasteiger partial charge in [-0.3, -0.25) is 14.4 Å². The second-order valence-corrected chi connectivity index (χ2v) is 8.16. The van der Waals surface area contributed by atoms with Crippen LogP contribution in [0.3, 0.4) is 0 Å². The summed E-state index contributed by atoms with van der Waals surface area (Å²) in [6.45, 7) is 6.14. The van der Waals surface area contributed by atoms with Crippen LogP contribution in [0.5, 0.6) is 0 Å². The van der Waals surface area contributed by atoms with Crippen LogP contribution >= 0.6 is 0 Å². The Kier molecular flexibility index (Phi) is 10.3. The third kappa shape index (κ3) is 8.23. The van der Waals surface area contributed by atoms with Crippen molar-refractivity contribution in [3.05, 3.63) is 24.3 Å². The van der Waals surface area contributed by atoms with Gasteiger partial charge in [-0.15, -0.1) is 0 Å². The Bertz CT molecular complexity index is 557. The van der Waals surface area contributed by atoms with E-state index in [1.807, 2.05) is 32.1 Å². The van der Waals surface area contributed by atoms with Crippen LogP contribution in [-0.4, -0.2) is 24.6 Å². The number of carbonyl (C=O) groups is 3. The molecule has 0 aromatic heterocycles. The molecule has 0 spiro atoms. The van der Waals surface area contributed by atoms with E-state index in [9.17, 15) is 14.4 Å². The van der Waals surface area contributed by atoms with E-state index in [1.165, 1.54) is 7.11 Å². The largest absolute Gasteiger partial charge is 0.469 e. The van der Waals surface area contributed by atoms with Crippen molar-refractivity contribution in [2.24, 2.45) is 17.3 Å². The zero-order chi connectivity index (χ0) is 20.3. The van der Waals surface area contributed by atoms with Gasteiger partial charge in [0, 0.05) is 24.2 Å². The molecule has 2 unspecified atom stereocenters. The number of ketones is 2. The van der Waals surface area contributed by atoms with E-state index in [2.05, 4.69) is 11.7 Å². The minimum Gasteiger partial charge on any atom is -0.469 e. The maximum absolute atomic E-state index is 12.5. The molecule has 1 fully saturated rings. The maximum Gasteiger partial charge on any atom is 0.305 e. The standard InChI is InChI=1S/C23H36O4/c1-5-6-17-23(2,3)21(25)16-14-18-13-15-20(24)19(18)11-9-7-8-10-12-22(26)27-4/h7,9,14,16,18-19H,5-6,8,10-13,15,17H2,1-4H3/b9-7+,16-14+. The van der Waals surface area contributed by atoms with Crippen molar-refractivity contribution in [1.82, 2.24) is 0 Å². The molecule has 0 bridgehead atoms. The van der Waals surface area contributed by atoms with Crippen LogP contribution in [0.2, 0.25) is 0 Å². The van der Waals surface area contributed by atoms with Crippen LogP contribution in [-0.2, 0) is 19.1 Å². The van der Waals surface area contributed by atoms with Crippen molar-refractivity contribution in [1.29, 1.82) is 0 Å². The fraction of sp³-hybridized carbons (Fsp3) is 0.696. The predicted octanol–water partition coefficient (Wildman–Crippen LogP) is 5.21. The summed E-state index contributed by atoms with van der Waals surface area (Å²) in [5.41, 5.74) is -0.329. The lowest BCUT2D eigenvalue weighted by Gasteiger charge is -2.21. The number of hydrogen-bond donors (Lipinski definition) is 0. The first kappa shape index (κ1) is 23.3. The van der Waals surface area contributed by atoms with E-state index >= 15 is 0 Å². The van der Waals surface area contributed by atoms with Crippen LogP contribution in [0.4, 0.5) is 0 Å². The van der Waals surface area contributed by atoms with Gasteiger partial charge in [-0.1, -0.05) is 51.8 Å². The maximum atomic E-state index is 12.5. The molecule has 0 aromatic carbocycles. The highest BCUT2D eigenvalue weighted by Crippen LogP contribution is 2.33. The molecule has 2 atom stereocenters. The highest BCUT2D eigenvalue weighted by molar-refractivity contribution is 5.94. The van der Waals surface area contributed by atoms with Gasteiger partial charge in [0.1, 0.15) is 5.78 Å². The Balaban J connectivity index is 2.51. The number of esters is 1. The monoisotopic (exact) mass is 376 g/mol. The van der Waals surface area contributed by atoms with Crippen molar-refractivity contribution >= 4 is 17.5 Å². The number of ether oxygens (including phenoxy) is 1. The Labute approximate surface area is 164 Å². The fourth-order valence-electron chi connectivity index (χ4n) is 3.48. The fourth-order valence-corrected chi connectivity index (χ4v) is 3.48. The van der Waals surface area contributed by atoms with E-state index < -0.39 is 0 Å². The van der Waals surface area contributed by atoms with Crippen LogP contribution in [0, 0.1) is 17.3 Å². The Morgan fingerprint density at radius 3 is 2.63 bits per heavy atom. The molecule has 4 heteroatoms. The second-order valence-electron chi connectivity index (χ2n) is 8.16. The molecule has 0 heterocycles. The average Bonchev–Trinajstić information content (AvgIpc) is 3.00. The normalized spacial score (nSPS) is 20.7. The SMILES string of the molecule is CCCCC(C)(C)C(=O)/C=C/C1CCC(=O)C1C/C=C/CCCC(=O)OC. The van der Waals surface area contributed by atoms with Crippen molar-refractivity contribution in [3.8, 4) is 0 Å². The molecule has 0 N–H and O–H groups in total. The molecule has 0 amide bonds. The summed E-state index contributed by atoms with van der Waals surface area (Å²) in [6, 6.07) is 0. The van der Waals surface area contributed by atoms with Gasteiger partial charge in [-0.05, 0) is 44.1 Å². The smallest absolute Gasteiger partial charge is 0.305 e. The second kappa shape index (κ2) is 11.9. The molecule has 1 aliphatic carbocycles. The van der Waals surface area contributed by atoms with E-state index in [0.717, 1.165) is 38.5 Å². The van der Waals surface area contributed by atoms with Gasteiger partial charge >= 0.3 is 5.97 Å². The number of hydrogen-bond acceptors (Lipinski definition) is 4. The van der Waals surface area contributed by atoms with Gasteiger partial charge in [-0.2, -0.15) is 0 Å². The summed E-state index contributed by atoms with van der Waals surface area (Å²) in [5.74, 6) is 0.396. The van der Waals surface area contributed by atoms with Crippen molar-refractivity contribution in [2.75, 3.05) is 7.11 Å². The molecule has 27 heavy (non-hydrogen) atoms. The van der Waals surface area contributed by atoms with Gasteiger partial charge in [-0.25, -0.2) is 0 Å². The number of carbonyl (C=O) groups excluding carboxylic acids is 3. The molecule has 152 valence electrons. The third-order valence-electron chi connectivity index (χ3n) is 5.51. The van der Waals surface area contributed by atoms with Gasteiger partial charge in [0.2, 0.25) is 0 Å². The quantitative estimate of drug-likeness (QED) is 0.203. The summed E-state index contributed by atoms with van der Waals surface area (Å²) < 4.78 is 4.61. The lowest BCUT2D eigenvalue weighted by molar-refractivity contribution is -0.140. The Morgan fingerprint density at radius 2 is 1.96 bits per heavy atom. The van der Waals surface area contributed by atoms with Crippen LogP contribution in [0.15, 0.2) is 24.3 Å². The third-order valence-corrected chi connectivity index (χ3v) is 5.51. The highest BCUT2D eigenvalue weighted by atomic mass is 16.5. The molecule has 1 rings (SSSR count). The molecule has 0 saturated heterocycles. The summed E-state index contributed by atoms with van der Waals surface area (Å²) in [4.78, 5) is 35.8. The molecular formula is C23H36O4. The van der Waals surface area contributed by atoms with E-state index in [4.69, 9.17) is 0 Å². The topological polar surface area (TPSA) is 60.4 Å². The van der Waals surface area contributed by atoms with Crippen molar-refractivity contribution in [2.45, 2.75) is 78.6 Å². The zero-order valence-electron chi connectivity index (χ0n) is 17.5. The van der Waals surface area contributed by atoms with Crippen LogP contribution in [0.1, 0.15) is 78.6 Å². The van der Waals surface area contributed by atoms with Gasteiger partial charge in [0.25, 0.3) is 0 Å². The summed E-state index contributed by atoms with van der Waals surface area (Å²) >= 11 is 0. The Hall–Kier alpha value is -1.71. The lowest BCUT2D eigenvalue weighted by Crippen LogP contribution is -2.22. The van der Waals surface area contributed by atoms with Crippen molar-refractivity contribution in [3.63, 3.8) is 0 Å².